The molecule has 0 saturated heterocycles. The Morgan fingerprint density at radius 3 is 2.83 bits per heavy atom. The normalized spacial score (nSPS) is 14.6. The van der Waals surface area contributed by atoms with Crippen LogP contribution in [0.3, 0.4) is 0 Å². The minimum absolute atomic E-state index is 0.340. The first-order valence-corrected chi connectivity index (χ1v) is 9.53. The highest BCUT2D eigenvalue weighted by molar-refractivity contribution is 6.30. The molecule has 0 saturated carbocycles. The Bertz CT molecular complexity index is 1330. The van der Waals surface area contributed by atoms with Crippen molar-refractivity contribution >= 4 is 23.2 Å². The van der Waals surface area contributed by atoms with Crippen LogP contribution < -0.4 is 15.6 Å². The number of rotatable bonds is 3. The van der Waals surface area contributed by atoms with E-state index in [1.165, 1.54) is 0 Å². The fraction of sp³-hybridized carbons (Fsp3) is 0.150. The van der Waals surface area contributed by atoms with Crippen molar-refractivity contribution in [1.82, 2.24) is 30.4 Å². The largest absolute Gasteiger partial charge is 0.496 e. The van der Waals surface area contributed by atoms with Crippen molar-refractivity contribution in [3.63, 3.8) is 0 Å². The van der Waals surface area contributed by atoms with Gasteiger partial charge in [0, 0.05) is 21.7 Å². The summed E-state index contributed by atoms with van der Waals surface area (Å²) in [6, 6.07) is 12.6. The summed E-state index contributed by atoms with van der Waals surface area (Å²) in [7, 11) is 1.60. The first-order chi connectivity index (χ1) is 14.6. The Morgan fingerprint density at radius 2 is 2.03 bits per heavy atom. The van der Waals surface area contributed by atoms with Crippen LogP contribution in [-0.4, -0.2) is 37.5 Å². The molecule has 5 rings (SSSR count). The molecular formula is C20H16ClN7O2. The van der Waals surface area contributed by atoms with Crippen LogP contribution in [0.2, 0.25) is 5.02 Å². The zero-order valence-corrected chi connectivity index (χ0v) is 16.8. The Morgan fingerprint density at radius 1 is 1.20 bits per heavy atom. The molecule has 1 aliphatic heterocycles. The van der Waals surface area contributed by atoms with E-state index in [-0.39, 0.29) is 5.56 Å². The van der Waals surface area contributed by atoms with Gasteiger partial charge in [0.2, 0.25) is 5.95 Å². The van der Waals surface area contributed by atoms with E-state index in [1.54, 1.807) is 17.9 Å². The van der Waals surface area contributed by atoms with Gasteiger partial charge in [-0.15, -0.1) is 0 Å². The lowest BCUT2D eigenvalue weighted by atomic mass is 9.91. The number of benzene rings is 2. The van der Waals surface area contributed by atoms with Gasteiger partial charge >= 0.3 is 0 Å². The number of para-hydroxylation sites is 1. The van der Waals surface area contributed by atoms with E-state index in [2.05, 4.69) is 31.0 Å². The van der Waals surface area contributed by atoms with Crippen LogP contribution in [0.4, 0.5) is 11.6 Å². The van der Waals surface area contributed by atoms with Gasteiger partial charge in [-0.3, -0.25) is 4.79 Å². The number of hydrogen-bond acceptors (Lipinski definition) is 7. The van der Waals surface area contributed by atoms with Crippen LogP contribution in [0, 0.1) is 6.92 Å². The average Bonchev–Trinajstić information content (AvgIpc) is 3.22. The minimum Gasteiger partial charge on any atom is -0.496 e. The van der Waals surface area contributed by atoms with E-state index >= 15 is 0 Å². The third-order valence-corrected chi connectivity index (χ3v) is 5.38. The molecule has 0 spiro atoms. The van der Waals surface area contributed by atoms with Crippen molar-refractivity contribution in [3.8, 4) is 17.0 Å². The molecule has 1 atom stereocenters. The van der Waals surface area contributed by atoms with Crippen LogP contribution >= 0.6 is 11.6 Å². The smallest absolute Gasteiger partial charge is 0.288 e. The van der Waals surface area contributed by atoms with Crippen LogP contribution in [0.1, 0.15) is 22.7 Å². The summed E-state index contributed by atoms with van der Waals surface area (Å²) >= 11 is 6.15. The quantitative estimate of drug-likeness (QED) is 0.460. The van der Waals surface area contributed by atoms with Crippen molar-refractivity contribution in [2.75, 3.05) is 12.4 Å². The molecule has 0 amide bonds. The average molecular weight is 422 g/mol. The first kappa shape index (κ1) is 18.3. The zero-order valence-electron chi connectivity index (χ0n) is 16.0. The van der Waals surface area contributed by atoms with Gasteiger partial charge < -0.3 is 10.1 Å². The Labute approximate surface area is 175 Å². The molecule has 2 N–H and O–H groups in total. The lowest BCUT2D eigenvalue weighted by Crippen LogP contribution is -2.29. The molecule has 150 valence electrons. The number of nitrogens with zero attached hydrogens (tertiary/aromatic N) is 5. The number of tetrazole rings is 1. The molecule has 2 aromatic heterocycles. The van der Waals surface area contributed by atoms with Crippen LogP contribution in [0.5, 0.6) is 5.75 Å². The minimum atomic E-state index is -0.526. The van der Waals surface area contributed by atoms with E-state index in [0.717, 1.165) is 16.7 Å². The number of halogens is 1. The van der Waals surface area contributed by atoms with Gasteiger partial charge in [-0.05, 0) is 41.1 Å². The van der Waals surface area contributed by atoms with E-state index in [4.69, 9.17) is 16.3 Å². The first-order valence-electron chi connectivity index (χ1n) is 9.15. The number of nitrogens with one attached hydrogen (secondary N) is 2. The van der Waals surface area contributed by atoms with Crippen LogP contribution in [0.15, 0.2) is 47.3 Å². The molecule has 0 radical (unpaired) electrons. The molecule has 4 aromatic rings. The molecular weight excluding hydrogens is 406 g/mol. The number of aromatic nitrogens is 6. The van der Waals surface area contributed by atoms with Gasteiger partial charge in [0.05, 0.1) is 12.8 Å². The molecule has 0 unspecified atom stereocenters. The standard InChI is InChI=1S/C20H16ClN7O2/c1-10-9-11(21)7-8-12(10)16-15-17(19(29)24-23-16)22-20-25-26-27-28(20)18(15)13-5-3-4-6-14(13)30-2/h3-9,18H,1-2H3,(H,24,29)(H,22,25,27)/t18-/m1/s1. The number of methoxy groups -OCH3 is 1. The second kappa shape index (κ2) is 6.96. The summed E-state index contributed by atoms with van der Waals surface area (Å²) in [6.45, 7) is 1.94. The Kier molecular flexibility index (Phi) is 4.25. The van der Waals surface area contributed by atoms with Gasteiger partial charge in [-0.1, -0.05) is 41.0 Å². The molecule has 3 heterocycles. The van der Waals surface area contributed by atoms with E-state index in [0.29, 0.717) is 33.7 Å². The highest BCUT2D eigenvalue weighted by atomic mass is 35.5. The van der Waals surface area contributed by atoms with E-state index in [1.807, 2.05) is 43.3 Å². The summed E-state index contributed by atoms with van der Waals surface area (Å²) in [5, 5.41) is 22.6. The maximum absolute atomic E-state index is 12.7. The second-order valence-corrected chi connectivity index (χ2v) is 7.30. The second-order valence-electron chi connectivity index (χ2n) is 6.87. The van der Waals surface area contributed by atoms with Crippen molar-refractivity contribution in [2.24, 2.45) is 0 Å². The summed E-state index contributed by atoms with van der Waals surface area (Å²) in [4.78, 5) is 12.7. The maximum atomic E-state index is 12.7. The van der Waals surface area contributed by atoms with E-state index in [9.17, 15) is 4.79 Å². The summed E-state index contributed by atoms with van der Waals surface area (Å²) in [6.07, 6.45) is 0. The molecule has 2 aromatic carbocycles. The molecule has 9 nitrogen and oxygen atoms in total. The molecule has 0 bridgehead atoms. The van der Waals surface area contributed by atoms with Crippen molar-refractivity contribution in [1.29, 1.82) is 0 Å². The number of fused-ring (bicyclic) bond motifs is 2. The number of hydrogen-bond donors (Lipinski definition) is 2. The monoisotopic (exact) mass is 421 g/mol. The van der Waals surface area contributed by atoms with Crippen molar-refractivity contribution < 1.29 is 4.74 Å². The number of ether oxygens (including phenoxy) is 1. The topological polar surface area (TPSA) is 111 Å². The zero-order chi connectivity index (χ0) is 20.8. The summed E-state index contributed by atoms with van der Waals surface area (Å²) in [5.74, 6) is 1.00. The van der Waals surface area contributed by atoms with Gasteiger partial charge in [-0.2, -0.15) is 9.78 Å². The molecule has 1 aliphatic rings. The Hall–Kier alpha value is -3.72. The van der Waals surface area contributed by atoms with Crippen molar-refractivity contribution in [3.05, 3.63) is 74.5 Å². The highest BCUT2D eigenvalue weighted by Gasteiger charge is 2.36. The van der Waals surface area contributed by atoms with Gasteiger partial charge in [0.15, 0.2) is 0 Å². The lowest BCUT2D eigenvalue weighted by molar-refractivity contribution is 0.402. The van der Waals surface area contributed by atoms with Crippen LogP contribution in [0.25, 0.3) is 11.3 Å². The number of H-pyrrole nitrogens is 1. The fourth-order valence-electron chi connectivity index (χ4n) is 3.82. The third-order valence-electron chi connectivity index (χ3n) is 5.15. The molecule has 10 heteroatoms. The summed E-state index contributed by atoms with van der Waals surface area (Å²) < 4.78 is 7.22. The molecule has 30 heavy (non-hydrogen) atoms. The third kappa shape index (κ3) is 2.74. The Balaban J connectivity index is 1.86. The molecule has 0 fully saturated rings. The SMILES string of the molecule is COc1ccccc1[C@@H]1c2c(-c3ccc(Cl)cc3C)n[nH]c(=O)c2Nc2nnnn21. The van der Waals surface area contributed by atoms with Gasteiger partial charge in [0.25, 0.3) is 5.56 Å². The number of anilines is 2. The predicted octanol–water partition coefficient (Wildman–Crippen LogP) is 3.09. The number of aromatic amines is 1. The summed E-state index contributed by atoms with van der Waals surface area (Å²) in [5.41, 5.74) is 3.78. The number of aryl methyl sites for hydroxylation is 1. The van der Waals surface area contributed by atoms with E-state index < -0.39 is 6.04 Å². The van der Waals surface area contributed by atoms with Crippen LogP contribution in [-0.2, 0) is 0 Å². The maximum Gasteiger partial charge on any atom is 0.288 e. The fourth-order valence-corrected chi connectivity index (χ4v) is 4.04. The van der Waals surface area contributed by atoms with Gasteiger partial charge in [0.1, 0.15) is 17.5 Å². The molecule has 0 aliphatic carbocycles. The lowest BCUT2D eigenvalue weighted by Gasteiger charge is -2.28. The van der Waals surface area contributed by atoms with Crippen molar-refractivity contribution in [2.45, 2.75) is 13.0 Å². The van der Waals surface area contributed by atoms with Gasteiger partial charge in [-0.25, -0.2) is 5.10 Å². The predicted molar refractivity (Wildman–Crippen MR) is 111 cm³/mol. The highest BCUT2D eigenvalue weighted by Crippen LogP contribution is 2.44.